The summed E-state index contributed by atoms with van der Waals surface area (Å²) in [5.41, 5.74) is 1.68. The number of fused-ring (bicyclic) bond motifs is 1. The summed E-state index contributed by atoms with van der Waals surface area (Å²) in [5, 5.41) is 8.77. The molecule has 1 aliphatic rings. The van der Waals surface area contributed by atoms with Crippen LogP contribution in [0.4, 0.5) is 0 Å². The van der Waals surface area contributed by atoms with Crippen LogP contribution in [0.15, 0.2) is 23.1 Å². The molecule has 0 saturated carbocycles. The fourth-order valence-electron chi connectivity index (χ4n) is 1.50. The molecule has 2 nitrogen and oxygen atoms in total. The van der Waals surface area contributed by atoms with Crippen molar-refractivity contribution < 1.29 is 9.90 Å². The molecule has 0 bridgehead atoms. The van der Waals surface area contributed by atoms with Crippen LogP contribution in [0.2, 0.25) is 0 Å². The Kier molecular flexibility index (Phi) is 2.04. The lowest BCUT2D eigenvalue weighted by molar-refractivity contribution is 0.0696. The highest BCUT2D eigenvalue weighted by atomic mass is 32.2. The Morgan fingerprint density at radius 1 is 1.62 bits per heavy atom. The van der Waals surface area contributed by atoms with Crippen LogP contribution in [0.5, 0.6) is 0 Å². The molecular weight excluding hydrogens is 184 g/mol. The molecule has 1 aliphatic heterocycles. The molecule has 0 radical (unpaired) electrons. The van der Waals surface area contributed by atoms with Gasteiger partial charge in [-0.1, -0.05) is 13.0 Å². The second-order valence-electron chi connectivity index (χ2n) is 3.27. The number of aromatic carboxylic acids is 1. The first-order valence-corrected chi connectivity index (χ1v) is 5.17. The minimum Gasteiger partial charge on any atom is -0.478 e. The van der Waals surface area contributed by atoms with Gasteiger partial charge in [0.05, 0.1) is 5.56 Å². The predicted octanol–water partition coefficient (Wildman–Crippen LogP) is 2.59. The van der Waals surface area contributed by atoms with E-state index in [4.69, 9.17) is 5.11 Å². The summed E-state index contributed by atoms with van der Waals surface area (Å²) in [5.74, 6) is 0.782. The van der Waals surface area contributed by atoms with Crippen LogP contribution in [0.1, 0.15) is 28.8 Å². The molecule has 1 N–H and O–H groups in total. The Hall–Kier alpha value is -0.960. The molecule has 0 saturated heterocycles. The fourth-order valence-corrected chi connectivity index (χ4v) is 2.76. The largest absolute Gasteiger partial charge is 0.478 e. The summed E-state index contributed by atoms with van der Waals surface area (Å²) in [6.07, 6.45) is 0. The Balaban J connectivity index is 2.45. The minimum atomic E-state index is -0.844. The molecule has 68 valence electrons. The van der Waals surface area contributed by atoms with Gasteiger partial charge in [-0.15, -0.1) is 11.8 Å². The maximum Gasteiger partial charge on any atom is 0.335 e. The van der Waals surface area contributed by atoms with Crippen molar-refractivity contribution in [3.63, 3.8) is 0 Å². The summed E-state index contributed by atoms with van der Waals surface area (Å²) in [4.78, 5) is 11.8. The van der Waals surface area contributed by atoms with Crippen LogP contribution in [0, 0.1) is 0 Å². The second kappa shape index (κ2) is 3.07. The molecule has 1 heterocycles. The number of hydrogen-bond acceptors (Lipinski definition) is 2. The van der Waals surface area contributed by atoms with Gasteiger partial charge in [-0.05, 0) is 23.6 Å². The SMILES string of the molecule is CC1CSc2cc(C(=O)O)ccc21. The standard InChI is InChI=1S/C10H10O2S/c1-6-5-13-9-4-7(10(11)12)2-3-8(6)9/h2-4,6H,5H2,1H3,(H,11,12). The number of carbonyl (C=O) groups is 1. The first kappa shape index (κ1) is 8.63. The molecule has 1 aromatic carbocycles. The van der Waals surface area contributed by atoms with Crippen molar-refractivity contribution >= 4 is 17.7 Å². The molecule has 2 rings (SSSR count). The first-order chi connectivity index (χ1) is 6.18. The quantitative estimate of drug-likeness (QED) is 0.746. The monoisotopic (exact) mass is 194 g/mol. The lowest BCUT2D eigenvalue weighted by Gasteiger charge is -2.02. The molecule has 1 atom stereocenters. The average Bonchev–Trinajstić information content (AvgIpc) is 2.47. The lowest BCUT2D eigenvalue weighted by Crippen LogP contribution is -1.97. The fraction of sp³-hybridized carbons (Fsp3) is 0.300. The maximum absolute atomic E-state index is 10.7. The first-order valence-electron chi connectivity index (χ1n) is 4.18. The average molecular weight is 194 g/mol. The Morgan fingerprint density at radius 3 is 3.08 bits per heavy atom. The molecule has 1 aromatic rings. The number of carboxylic acids is 1. The van der Waals surface area contributed by atoms with Gasteiger partial charge in [-0.3, -0.25) is 0 Å². The molecule has 3 heteroatoms. The zero-order chi connectivity index (χ0) is 9.42. The maximum atomic E-state index is 10.7. The van der Waals surface area contributed by atoms with Gasteiger partial charge in [0.15, 0.2) is 0 Å². The molecule has 0 fully saturated rings. The van der Waals surface area contributed by atoms with Crippen LogP contribution in [-0.4, -0.2) is 16.8 Å². The Bertz CT molecular complexity index is 360. The molecule has 0 aromatic heterocycles. The van der Waals surface area contributed by atoms with E-state index in [2.05, 4.69) is 6.92 Å². The topological polar surface area (TPSA) is 37.3 Å². The van der Waals surface area contributed by atoms with Crippen LogP contribution in [0.3, 0.4) is 0 Å². The lowest BCUT2D eigenvalue weighted by atomic mass is 10.0. The third-order valence-electron chi connectivity index (χ3n) is 2.28. The summed E-state index contributed by atoms with van der Waals surface area (Å²) >= 11 is 1.74. The highest BCUT2D eigenvalue weighted by Gasteiger charge is 2.20. The number of hydrogen-bond donors (Lipinski definition) is 1. The highest BCUT2D eigenvalue weighted by Crippen LogP contribution is 2.39. The number of carboxylic acid groups (broad SMARTS) is 1. The number of rotatable bonds is 1. The van der Waals surface area contributed by atoms with E-state index in [1.807, 2.05) is 6.07 Å². The minimum absolute atomic E-state index is 0.389. The van der Waals surface area contributed by atoms with Gasteiger partial charge in [0.25, 0.3) is 0 Å². The summed E-state index contributed by atoms with van der Waals surface area (Å²) in [6, 6.07) is 5.39. The molecule has 13 heavy (non-hydrogen) atoms. The molecule has 0 aliphatic carbocycles. The van der Waals surface area contributed by atoms with Crippen LogP contribution < -0.4 is 0 Å². The van der Waals surface area contributed by atoms with E-state index >= 15 is 0 Å². The van der Waals surface area contributed by atoms with Gasteiger partial charge in [0, 0.05) is 10.6 Å². The third-order valence-corrected chi connectivity index (χ3v) is 3.61. The zero-order valence-electron chi connectivity index (χ0n) is 7.28. The summed E-state index contributed by atoms with van der Waals surface area (Å²) in [7, 11) is 0. The number of benzene rings is 1. The van der Waals surface area contributed by atoms with Crippen molar-refractivity contribution in [1.82, 2.24) is 0 Å². The van der Waals surface area contributed by atoms with Gasteiger partial charge in [-0.2, -0.15) is 0 Å². The van der Waals surface area contributed by atoms with E-state index in [9.17, 15) is 4.79 Å². The van der Waals surface area contributed by atoms with Gasteiger partial charge in [-0.25, -0.2) is 4.79 Å². The third kappa shape index (κ3) is 1.44. The predicted molar refractivity (Wildman–Crippen MR) is 52.5 cm³/mol. The van der Waals surface area contributed by atoms with Crippen LogP contribution in [-0.2, 0) is 0 Å². The molecular formula is C10H10O2S. The van der Waals surface area contributed by atoms with E-state index < -0.39 is 5.97 Å². The van der Waals surface area contributed by atoms with Crippen molar-refractivity contribution in [3.8, 4) is 0 Å². The zero-order valence-corrected chi connectivity index (χ0v) is 8.10. The van der Waals surface area contributed by atoms with Crippen molar-refractivity contribution in [2.75, 3.05) is 5.75 Å². The van der Waals surface area contributed by atoms with Gasteiger partial charge >= 0.3 is 5.97 Å². The van der Waals surface area contributed by atoms with Gasteiger partial charge in [0.2, 0.25) is 0 Å². The van der Waals surface area contributed by atoms with Crippen molar-refractivity contribution in [2.24, 2.45) is 0 Å². The molecule has 0 amide bonds. The highest BCUT2D eigenvalue weighted by molar-refractivity contribution is 7.99. The van der Waals surface area contributed by atoms with E-state index in [-0.39, 0.29) is 0 Å². The second-order valence-corrected chi connectivity index (χ2v) is 4.33. The molecule has 1 unspecified atom stereocenters. The van der Waals surface area contributed by atoms with Gasteiger partial charge in [0.1, 0.15) is 0 Å². The summed E-state index contributed by atoms with van der Waals surface area (Å²) < 4.78 is 0. The Labute approximate surface area is 81.0 Å². The Morgan fingerprint density at radius 2 is 2.38 bits per heavy atom. The van der Waals surface area contributed by atoms with Gasteiger partial charge < -0.3 is 5.11 Å². The normalized spacial score (nSPS) is 19.9. The van der Waals surface area contributed by atoms with Crippen molar-refractivity contribution in [1.29, 1.82) is 0 Å². The smallest absolute Gasteiger partial charge is 0.335 e. The number of thioether (sulfide) groups is 1. The van der Waals surface area contributed by atoms with Crippen molar-refractivity contribution in [3.05, 3.63) is 29.3 Å². The van der Waals surface area contributed by atoms with E-state index in [1.165, 1.54) is 5.56 Å². The molecule has 0 spiro atoms. The van der Waals surface area contributed by atoms with E-state index in [1.54, 1.807) is 23.9 Å². The summed E-state index contributed by atoms with van der Waals surface area (Å²) in [6.45, 7) is 2.17. The van der Waals surface area contributed by atoms with Crippen LogP contribution in [0.25, 0.3) is 0 Å². The van der Waals surface area contributed by atoms with E-state index in [0.717, 1.165) is 10.6 Å². The van der Waals surface area contributed by atoms with E-state index in [0.29, 0.717) is 11.5 Å². The van der Waals surface area contributed by atoms with Crippen LogP contribution >= 0.6 is 11.8 Å². The van der Waals surface area contributed by atoms with Crippen molar-refractivity contribution in [2.45, 2.75) is 17.7 Å².